The van der Waals surface area contributed by atoms with Crippen LogP contribution in [0.25, 0.3) is 11.3 Å². The Hall–Kier alpha value is -1.92. The zero-order valence-corrected chi connectivity index (χ0v) is 18.1. The summed E-state index contributed by atoms with van der Waals surface area (Å²) in [6.07, 6.45) is 7.19. The van der Waals surface area contributed by atoms with Gasteiger partial charge in [0, 0.05) is 43.5 Å². The minimum atomic E-state index is 0.354. The van der Waals surface area contributed by atoms with Crippen LogP contribution in [-0.2, 0) is 11.3 Å². The highest BCUT2D eigenvalue weighted by atomic mass is 32.1. The second-order valence-corrected chi connectivity index (χ2v) is 9.14. The number of thiazole rings is 1. The maximum absolute atomic E-state index is 12.5. The molecule has 1 aromatic carbocycles. The lowest BCUT2D eigenvalue weighted by Gasteiger charge is -2.34. The summed E-state index contributed by atoms with van der Waals surface area (Å²) < 4.78 is 5.22. The Morgan fingerprint density at radius 2 is 1.86 bits per heavy atom. The second-order valence-electron chi connectivity index (χ2n) is 8.20. The number of piperazine rings is 1. The van der Waals surface area contributed by atoms with Crippen molar-refractivity contribution in [3.63, 3.8) is 0 Å². The molecule has 6 heteroatoms. The van der Waals surface area contributed by atoms with Gasteiger partial charge in [-0.3, -0.25) is 9.69 Å². The Morgan fingerprint density at radius 3 is 2.55 bits per heavy atom. The molecule has 2 heterocycles. The van der Waals surface area contributed by atoms with Crippen molar-refractivity contribution >= 4 is 17.2 Å². The van der Waals surface area contributed by atoms with Crippen molar-refractivity contribution in [2.75, 3.05) is 33.3 Å². The number of amides is 1. The van der Waals surface area contributed by atoms with Crippen LogP contribution in [0.1, 0.15) is 43.5 Å². The van der Waals surface area contributed by atoms with E-state index >= 15 is 0 Å². The second kappa shape index (κ2) is 9.72. The molecule has 29 heavy (non-hydrogen) atoms. The van der Waals surface area contributed by atoms with Gasteiger partial charge in [-0.2, -0.15) is 0 Å². The van der Waals surface area contributed by atoms with E-state index in [0.717, 1.165) is 73.5 Å². The highest BCUT2D eigenvalue weighted by molar-refractivity contribution is 7.09. The van der Waals surface area contributed by atoms with Gasteiger partial charge in [-0.15, -0.1) is 11.3 Å². The van der Waals surface area contributed by atoms with Crippen molar-refractivity contribution < 1.29 is 9.53 Å². The summed E-state index contributed by atoms with van der Waals surface area (Å²) >= 11 is 1.71. The van der Waals surface area contributed by atoms with E-state index in [1.807, 2.05) is 24.3 Å². The van der Waals surface area contributed by atoms with Crippen molar-refractivity contribution in [3.8, 4) is 17.0 Å². The predicted molar refractivity (Wildman–Crippen MR) is 117 cm³/mol. The number of hydrogen-bond acceptors (Lipinski definition) is 5. The van der Waals surface area contributed by atoms with Crippen LogP contribution in [0.5, 0.6) is 5.75 Å². The summed E-state index contributed by atoms with van der Waals surface area (Å²) in [5.41, 5.74) is 2.14. The van der Waals surface area contributed by atoms with E-state index < -0.39 is 0 Å². The molecular formula is C23H31N3O2S. The van der Waals surface area contributed by atoms with Gasteiger partial charge in [0.05, 0.1) is 19.3 Å². The van der Waals surface area contributed by atoms with E-state index in [0.29, 0.717) is 5.91 Å². The summed E-state index contributed by atoms with van der Waals surface area (Å²) in [6.45, 7) is 4.44. The van der Waals surface area contributed by atoms with Crippen LogP contribution in [0.15, 0.2) is 29.6 Å². The van der Waals surface area contributed by atoms with Crippen LogP contribution < -0.4 is 4.74 Å². The Balaban J connectivity index is 1.23. The molecule has 1 amide bonds. The number of nitrogens with zero attached hydrogens (tertiary/aromatic N) is 3. The van der Waals surface area contributed by atoms with Crippen LogP contribution in [0.4, 0.5) is 0 Å². The van der Waals surface area contributed by atoms with E-state index in [9.17, 15) is 4.79 Å². The smallest absolute Gasteiger partial charge is 0.222 e. The number of methoxy groups -OCH3 is 1. The van der Waals surface area contributed by atoms with Crippen molar-refractivity contribution in [2.45, 2.75) is 45.1 Å². The van der Waals surface area contributed by atoms with Crippen molar-refractivity contribution in [1.82, 2.24) is 14.8 Å². The van der Waals surface area contributed by atoms with Gasteiger partial charge in [-0.05, 0) is 36.6 Å². The Labute approximate surface area is 177 Å². The van der Waals surface area contributed by atoms with E-state index in [2.05, 4.69) is 15.2 Å². The van der Waals surface area contributed by atoms with Crippen molar-refractivity contribution in [2.24, 2.45) is 5.92 Å². The minimum absolute atomic E-state index is 0.354. The summed E-state index contributed by atoms with van der Waals surface area (Å²) in [5.74, 6) is 2.01. The number of aromatic nitrogens is 1. The first-order chi connectivity index (χ1) is 14.2. The molecule has 1 aromatic heterocycles. The maximum Gasteiger partial charge on any atom is 0.222 e. The molecule has 2 aromatic rings. The Kier molecular flexibility index (Phi) is 6.82. The van der Waals surface area contributed by atoms with Crippen LogP contribution >= 0.6 is 11.3 Å². The molecule has 0 spiro atoms. The van der Waals surface area contributed by atoms with Crippen LogP contribution in [0, 0.1) is 5.92 Å². The quantitative estimate of drug-likeness (QED) is 0.673. The van der Waals surface area contributed by atoms with Gasteiger partial charge in [-0.1, -0.05) is 25.7 Å². The molecule has 1 aliphatic carbocycles. The van der Waals surface area contributed by atoms with Gasteiger partial charge in [0.15, 0.2) is 0 Å². The molecule has 0 N–H and O–H groups in total. The topological polar surface area (TPSA) is 45.7 Å². The maximum atomic E-state index is 12.5. The molecule has 1 aliphatic heterocycles. The molecular weight excluding hydrogens is 382 g/mol. The summed E-state index contributed by atoms with van der Waals surface area (Å²) in [6, 6.07) is 8.04. The summed E-state index contributed by atoms with van der Waals surface area (Å²) in [5, 5.41) is 3.26. The zero-order valence-electron chi connectivity index (χ0n) is 17.3. The molecule has 0 unspecified atom stereocenters. The largest absolute Gasteiger partial charge is 0.497 e. The third-order valence-corrected chi connectivity index (χ3v) is 7.10. The number of rotatable bonds is 7. The predicted octanol–water partition coefficient (Wildman–Crippen LogP) is 4.43. The van der Waals surface area contributed by atoms with Gasteiger partial charge in [0.25, 0.3) is 0 Å². The number of carbonyl (C=O) groups is 1. The lowest BCUT2D eigenvalue weighted by Crippen LogP contribution is -2.48. The lowest BCUT2D eigenvalue weighted by atomic mass is 10.0. The fourth-order valence-electron chi connectivity index (χ4n) is 4.41. The highest BCUT2D eigenvalue weighted by Crippen LogP contribution is 2.29. The van der Waals surface area contributed by atoms with E-state index in [-0.39, 0.29) is 0 Å². The average Bonchev–Trinajstić information content (AvgIpc) is 3.45. The van der Waals surface area contributed by atoms with Gasteiger partial charge in [0.1, 0.15) is 10.8 Å². The molecule has 0 bridgehead atoms. The van der Waals surface area contributed by atoms with E-state index in [4.69, 9.17) is 9.72 Å². The van der Waals surface area contributed by atoms with Crippen molar-refractivity contribution in [3.05, 3.63) is 34.7 Å². The normalized spacial score (nSPS) is 18.3. The third-order valence-electron chi connectivity index (χ3n) is 6.26. The molecule has 0 atom stereocenters. The van der Waals surface area contributed by atoms with Gasteiger partial charge in [0.2, 0.25) is 5.91 Å². The molecule has 2 fully saturated rings. The van der Waals surface area contributed by atoms with Crippen LogP contribution in [0.3, 0.4) is 0 Å². The number of benzene rings is 1. The molecule has 5 nitrogen and oxygen atoms in total. The van der Waals surface area contributed by atoms with E-state index in [1.54, 1.807) is 18.4 Å². The Bertz CT molecular complexity index is 791. The number of carbonyl (C=O) groups excluding carboxylic acids is 1. The first kappa shape index (κ1) is 20.4. The lowest BCUT2D eigenvalue weighted by molar-refractivity contribution is -0.133. The molecule has 2 aliphatic rings. The van der Waals surface area contributed by atoms with E-state index in [1.165, 1.54) is 25.7 Å². The fraction of sp³-hybridized carbons (Fsp3) is 0.565. The van der Waals surface area contributed by atoms with Crippen LogP contribution in [-0.4, -0.2) is 54.0 Å². The van der Waals surface area contributed by atoms with Gasteiger partial charge < -0.3 is 9.64 Å². The highest BCUT2D eigenvalue weighted by Gasteiger charge is 2.23. The average molecular weight is 414 g/mol. The SMILES string of the molecule is COc1ccc(-c2csc(CN3CCN(C(=O)CCC4CCCC4)CC3)n2)cc1. The number of hydrogen-bond donors (Lipinski definition) is 0. The first-order valence-electron chi connectivity index (χ1n) is 10.8. The molecule has 156 valence electrons. The Morgan fingerprint density at radius 1 is 1.14 bits per heavy atom. The molecule has 1 saturated carbocycles. The number of ether oxygens (including phenoxy) is 1. The third kappa shape index (κ3) is 5.37. The monoisotopic (exact) mass is 413 g/mol. The van der Waals surface area contributed by atoms with Gasteiger partial charge in [-0.25, -0.2) is 4.98 Å². The minimum Gasteiger partial charge on any atom is -0.497 e. The van der Waals surface area contributed by atoms with Crippen LogP contribution in [0.2, 0.25) is 0 Å². The summed E-state index contributed by atoms with van der Waals surface area (Å²) in [4.78, 5) is 21.8. The first-order valence-corrected chi connectivity index (χ1v) is 11.7. The molecule has 1 saturated heterocycles. The molecule has 0 radical (unpaired) electrons. The molecule has 4 rings (SSSR count). The standard InChI is InChI=1S/C23H31N3O2S/c1-28-20-9-7-19(8-10-20)21-17-29-22(24-21)16-25-12-14-26(15-13-25)23(27)11-6-18-4-2-3-5-18/h7-10,17-18H,2-6,11-16H2,1H3. The zero-order chi connectivity index (χ0) is 20.1. The van der Waals surface area contributed by atoms with Crippen molar-refractivity contribution in [1.29, 1.82) is 0 Å². The summed E-state index contributed by atoms with van der Waals surface area (Å²) in [7, 11) is 1.68. The fourth-order valence-corrected chi connectivity index (χ4v) is 5.25. The van der Waals surface area contributed by atoms with Gasteiger partial charge >= 0.3 is 0 Å².